The van der Waals surface area contributed by atoms with Gasteiger partial charge in [0, 0.05) is 14.1 Å². The van der Waals surface area contributed by atoms with Crippen molar-refractivity contribution in [3.8, 4) is 0 Å². The Hall–Kier alpha value is -1.18. The summed E-state index contributed by atoms with van der Waals surface area (Å²) in [5.41, 5.74) is 2.15. The van der Waals surface area contributed by atoms with Crippen LogP contribution in [-0.4, -0.2) is 23.9 Å². The Morgan fingerprint density at radius 1 is 1.18 bits per heavy atom. The van der Waals surface area contributed by atoms with Crippen LogP contribution in [0.5, 0.6) is 0 Å². The minimum absolute atomic E-state index is 0.975. The Morgan fingerprint density at radius 2 is 1.73 bits per heavy atom. The molecular formula is C9H14N2. The van der Waals surface area contributed by atoms with Crippen LogP contribution in [0.15, 0.2) is 36.4 Å². The average molecular weight is 150 g/mol. The first kappa shape index (κ1) is 7.92. The molecule has 2 heteroatoms. The van der Waals surface area contributed by atoms with E-state index in [0.717, 1.165) is 17.2 Å². The summed E-state index contributed by atoms with van der Waals surface area (Å²) in [6, 6.07) is 0. The van der Waals surface area contributed by atoms with Gasteiger partial charge in [-0.1, -0.05) is 19.2 Å². The highest BCUT2D eigenvalue weighted by Gasteiger charge is 2.24. The molecule has 1 aliphatic heterocycles. The first-order valence-electron chi connectivity index (χ1n) is 3.61. The van der Waals surface area contributed by atoms with Gasteiger partial charge in [0.15, 0.2) is 0 Å². The van der Waals surface area contributed by atoms with Gasteiger partial charge in [-0.2, -0.15) is 0 Å². The van der Waals surface area contributed by atoms with Crippen molar-refractivity contribution in [3.63, 3.8) is 0 Å². The smallest absolute Gasteiger partial charge is 0.105 e. The number of rotatable bonds is 0. The molecule has 0 aromatic heterocycles. The van der Waals surface area contributed by atoms with Gasteiger partial charge in [0.2, 0.25) is 0 Å². The van der Waals surface area contributed by atoms with E-state index < -0.39 is 0 Å². The summed E-state index contributed by atoms with van der Waals surface area (Å²) in [6.07, 6.45) is 2.04. The molecule has 0 aliphatic carbocycles. The number of hydrogen-bond acceptors (Lipinski definition) is 2. The van der Waals surface area contributed by atoms with Crippen LogP contribution in [0.2, 0.25) is 0 Å². The number of allylic oxidation sites excluding steroid dienone is 1. The fourth-order valence-corrected chi connectivity index (χ4v) is 1.25. The van der Waals surface area contributed by atoms with Crippen molar-refractivity contribution in [2.75, 3.05) is 14.1 Å². The summed E-state index contributed by atoms with van der Waals surface area (Å²) in [5.74, 6) is 0.975. The molecule has 1 aliphatic rings. The Kier molecular flexibility index (Phi) is 1.77. The van der Waals surface area contributed by atoms with E-state index in [1.807, 2.05) is 36.9 Å². The van der Waals surface area contributed by atoms with Crippen LogP contribution in [0.4, 0.5) is 0 Å². The second-order valence-corrected chi connectivity index (χ2v) is 2.65. The summed E-state index contributed by atoms with van der Waals surface area (Å²) in [6.45, 7) is 9.86. The van der Waals surface area contributed by atoms with Crippen LogP contribution in [0.3, 0.4) is 0 Å². The summed E-state index contributed by atoms with van der Waals surface area (Å²) < 4.78 is 0. The van der Waals surface area contributed by atoms with E-state index in [1.54, 1.807) is 0 Å². The lowest BCUT2D eigenvalue weighted by Gasteiger charge is -2.14. The van der Waals surface area contributed by atoms with E-state index in [4.69, 9.17) is 0 Å². The number of nitrogens with zero attached hydrogens (tertiary/aromatic N) is 2. The quantitative estimate of drug-likeness (QED) is 0.519. The van der Waals surface area contributed by atoms with Gasteiger partial charge in [0.25, 0.3) is 0 Å². The van der Waals surface area contributed by atoms with Crippen LogP contribution >= 0.6 is 0 Å². The highest BCUT2D eigenvalue weighted by molar-refractivity contribution is 5.36. The minimum Gasteiger partial charge on any atom is -0.330 e. The van der Waals surface area contributed by atoms with Gasteiger partial charge in [0.05, 0.1) is 11.4 Å². The zero-order valence-electron chi connectivity index (χ0n) is 7.39. The van der Waals surface area contributed by atoms with Gasteiger partial charge in [-0.05, 0) is 6.92 Å². The van der Waals surface area contributed by atoms with E-state index in [2.05, 4.69) is 13.2 Å². The van der Waals surface area contributed by atoms with Crippen molar-refractivity contribution in [1.29, 1.82) is 0 Å². The van der Waals surface area contributed by atoms with Gasteiger partial charge in [-0.3, -0.25) is 0 Å². The molecule has 1 saturated heterocycles. The zero-order valence-corrected chi connectivity index (χ0v) is 7.39. The Balaban J connectivity index is 3.05. The van der Waals surface area contributed by atoms with Gasteiger partial charge in [-0.25, -0.2) is 0 Å². The molecule has 0 atom stereocenters. The van der Waals surface area contributed by atoms with Crippen molar-refractivity contribution >= 4 is 0 Å². The lowest BCUT2D eigenvalue weighted by atomic mass is 10.3. The Labute approximate surface area is 68.1 Å². The minimum atomic E-state index is 0.975. The van der Waals surface area contributed by atoms with Gasteiger partial charge >= 0.3 is 0 Å². The largest absolute Gasteiger partial charge is 0.330 e. The molecule has 0 unspecified atom stereocenters. The maximum Gasteiger partial charge on any atom is 0.105 e. The monoisotopic (exact) mass is 150 g/mol. The second-order valence-electron chi connectivity index (χ2n) is 2.65. The van der Waals surface area contributed by atoms with E-state index in [1.165, 1.54) is 0 Å². The first-order valence-corrected chi connectivity index (χ1v) is 3.61. The summed E-state index contributed by atoms with van der Waals surface area (Å²) in [4.78, 5) is 4.01. The molecule has 1 rings (SSSR count). The predicted molar refractivity (Wildman–Crippen MR) is 47.6 cm³/mol. The predicted octanol–water partition coefficient (Wildman–Crippen LogP) is 1.75. The third-order valence-electron chi connectivity index (χ3n) is 2.11. The molecule has 1 heterocycles. The van der Waals surface area contributed by atoms with Gasteiger partial charge in [0.1, 0.15) is 5.82 Å². The van der Waals surface area contributed by atoms with Gasteiger partial charge in [-0.15, -0.1) is 0 Å². The van der Waals surface area contributed by atoms with Crippen molar-refractivity contribution in [2.45, 2.75) is 6.92 Å². The van der Waals surface area contributed by atoms with Crippen LogP contribution < -0.4 is 0 Å². The topological polar surface area (TPSA) is 6.48 Å². The van der Waals surface area contributed by atoms with Crippen molar-refractivity contribution in [1.82, 2.24) is 9.80 Å². The molecule has 1 fully saturated rings. The molecule has 0 saturated carbocycles. The average Bonchev–Trinajstić information content (AvgIpc) is 2.17. The van der Waals surface area contributed by atoms with Crippen molar-refractivity contribution < 1.29 is 0 Å². The normalized spacial score (nSPS) is 22.3. The molecule has 0 spiro atoms. The van der Waals surface area contributed by atoms with Crippen LogP contribution in [0.1, 0.15) is 6.92 Å². The van der Waals surface area contributed by atoms with Crippen LogP contribution in [0.25, 0.3) is 0 Å². The second kappa shape index (κ2) is 2.46. The number of hydrogen-bond donors (Lipinski definition) is 0. The maximum absolute atomic E-state index is 3.94. The highest BCUT2D eigenvalue weighted by Crippen LogP contribution is 2.29. The van der Waals surface area contributed by atoms with E-state index in [-0.39, 0.29) is 0 Å². The fraction of sp³-hybridized carbons (Fsp3) is 0.333. The Morgan fingerprint density at radius 3 is 1.91 bits per heavy atom. The molecule has 11 heavy (non-hydrogen) atoms. The molecule has 0 amide bonds. The zero-order chi connectivity index (χ0) is 8.59. The molecule has 60 valence electrons. The SMILES string of the molecule is C=C1/C(=C\C)N(C)C(=C)N1C. The van der Waals surface area contributed by atoms with E-state index in [9.17, 15) is 0 Å². The van der Waals surface area contributed by atoms with E-state index >= 15 is 0 Å². The molecule has 0 N–H and O–H groups in total. The summed E-state index contributed by atoms with van der Waals surface area (Å²) in [5, 5.41) is 0. The Bertz CT molecular complexity index is 238. The first-order chi connectivity index (χ1) is 5.09. The molecule has 0 radical (unpaired) electrons. The molecule has 0 aromatic carbocycles. The van der Waals surface area contributed by atoms with Crippen LogP contribution in [-0.2, 0) is 0 Å². The standard InChI is InChI=1S/C9H14N2/c1-6-9-7(2)10(4)8(3)11(9)5/h6H,2-3H2,1,4-5H3/b9-6+. The highest BCUT2D eigenvalue weighted by atomic mass is 15.4. The lowest BCUT2D eigenvalue weighted by Crippen LogP contribution is -2.13. The fourth-order valence-electron chi connectivity index (χ4n) is 1.25. The lowest BCUT2D eigenvalue weighted by molar-refractivity contribution is 0.456. The van der Waals surface area contributed by atoms with Crippen LogP contribution in [0, 0.1) is 0 Å². The summed E-state index contributed by atoms with van der Waals surface area (Å²) in [7, 11) is 3.96. The summed E-state index contributed by atoms with van der Waals surface area (Å²) >= 11 is 0. The van der Waals surface area contributed by atoms with Crippen molar-refractivity contribution in [3.05, 3.63) is 36.4 Å². The third kappa shape index (κ3) is 0.946. The van der Waals surface area contributed by atoms with Gasteiger partial charge < -0.3 is 9.80 Å². The molecule has 2 nitrogen and oxygen atoms in total. The van der Waals surface area contributed by atoms with Crippen molar-refractivity contribution in [2.24, 2.45) is 0 Å². The molecule has 0 aromatic rings. The third-order valence-corrected chi connectivity index (χ3v) is 2.11. The number of likely N-dealkylation sites (N-methyl/N-ethyl adjacent to an activating group) is 2. The van der Waals surface area contributed by atoms with E-state index in [0.29, 0.717) is 0 Å². The molecular weight excluding hydrogens is 136 g/mol. The molecule has 0 bridgehead atoms. The maximum atomic E-state index is 3.94.